The lowest BCUT2D eigenvalue weighted by molar-refractivity contribution is 0.477. The first-order chi connectivity index (χ1) is 9.06. The molecule has 0 spiro atoms. The summed E-state index contributed by atoms with van der Waals surface area (Å²) < 4.78 is 25.7. The van der Waals surface area contributed by atoms with Crippen molar-refractivity contribution in [1.82, 2.24) is 9.38 Å². The molecule has 102 valence electrons. The van der Waals surface area contributed by atoms with Gasteiger partial charge in [-0.3, -0.25) is 0 Å². The van der Waals surface area contributed by atoms with Gasteiger partial charge in [-0.1, -0.05) is 6.42 Å². The fourth-order valence-electron chi connectivity index (χ4n) is 2.63. The van der Waals surface area contributed by atoms with Crippen LogP contribution in [0.1, 0.15) is 25.0 Å². The lowest BCUT2D eigenvalue weighted by Gasteiger charge is -2.21. The van der Waals surface area contributed by atoms with Crippen molar-refractivity contribution in [3.63, 3.8) is 0 Å². The number of rotatable bonds is 2. The Kier molecular flexibility index (Phi) is 2.97. The van der Waals surface area contributed by atoms with Gasteiger partial charge in [0.25, 0.3) is 0 Å². The Morgan fingerprint density at radius 1 is 1.42 bits per heavy atom. The van der Waals surface area contributed by atoms with E-state index in [0.717, 1.165) is 18.5 Å². The van der Waals surface area contributed by atoms with Crippen molar-refractivity contribution in [3.05, 3.63) is 30.2 Å². The van der Waals surface area contributed by atoms with E-state index in [1.165, 1.54) is 0 Å². The molecule has 0 aliphatic carbocycles. The molecule has 1 N–H and O–H groups in total. The molecular weight excluding hydrogens is 264 g/mol. The standard InChI is InChI=1S/C13H16N2O3S/c16-12-5-3-6-15-9-10(14-13(12)15)8-11-4-1-2-7-19(11,17)18/h3,5-6,9,11,16H,1-2,4,7-8H2. The largest absolute Gasteiger partial charge is 0.504 e. The van der Waals surface area contributed by atoms with Gasteiger partial charge < -0.3 is 9.51 Å². The summed E-state index contributed by atoms with van der Waals surface area (Å²) in [7, 11) is -2.98. The van der Waals surface area contributed by atoms with Crippen molar-refractivity contribution in [3.8, 4) is 5.75 Å². The lowest BCUT2D eigenvalue weighted by Crippen LogP contribution is -2.30. The summed E-state index contributed by atoms with van der Waals surface area (Å²) in [6.07, 6.45) is 6.46. The highest BCUT2D eigenvalue weighted by Crippen LogP contribution is 2.24. The summed E-state index contributed by atoms with van der Waals surface area (Å²) in [5.74, 6) is 0.399. The van der Waals surface area contributed by atoms with Crippen molar-refractivity contribution in [2.24, 2.45) is 0 Å². The maximum absolute atomic E-state index is 12.0. The quantitative estimate of drug-likeness (QED) is 0.906. The Bertz CT molecular complexity index is 706. The highest BCUT2D eigenvalue weighted by atomic mass is 32.2. The van der Waals surface area contributed by atoms with E-state index in [1.807, 2.05) is 0 Å². The molecule has 0 radical (unpaired) electrons. The van der Waals surface area contributed by atoms with Gasteiger partial charge in [-0.2, -0.15) is 0 Å². The molecule has 1 fully saturated rings. The highest BCUT2D eigenvalue weighted by Gasteiger charge is 2.29. The molecule has 19 heavy (non-hydrogen) atoms. The SMILES string of the molecule is O=S1(=O)CCCCC1Cc1cn2cccc(O)c2n1. The van der Waals surface area contributed by atoms with Crippen LogP contribution in [0.2, 0.25) is 0 Å². The summed E-state index contributed by atoms with van der Waals surface area (Å²) in [6, 6.07) is 3.30. The monoisotopic (exact) mass is 280 g/mol. The maximum Gasteiger partial charge on any atom is 0.179 e. The van der Waals surface area contributed by atoms with E-state index < -0.39 is 9.84 Å². The Labute approximate surface area is 111 Å². The third-order valence-electron chi connectivity index (χ3n) is 3.66. The third kappa shape index (κ3) is 2.32. The van der Waals surface area contributed by atoms with Crippen molar-refractivity contribution >= 4 is 15.5 Å². The van der Waals surface area contributed by atoms with Crippen LogP contribution < -0.4 is 0 Å². The first-order valence-corrected chi connectivity index (χ1v) is 8.15. The Balaban J connectivity index is 1.91. The van der Waals surface area contributed by atoms with Crippen LogP contribution in [0, 0.1) is 0 Å². The summed E-state index contributed by atoms with van der Waals surface area (Å²) in [5, 5.41) is 9.37. The number of nitrogens with zero attached hydrogens (tertiary/aromatic N) is 2. The molecule has 3 rings (SSSR count). The second-order valence-corrected chi connectivity index (χ2v) is 7.45. The number of hydrogen-bond acceptors (Lipinski definition) is 4. The van der Waals surface area contributed by atoms with Crippen molar-refractivity contribution in [1.29, 1.82) is 0 Å². The van der Waals surface area contributed by atoms with E-state index in [1.54, 1.807) is 28.9 Å². The Morgan fingerprint density at radius 2 is 2.26 bits per heavy atom. The normalized spacial score (nSPS) is 22.6. The molecule has 0 saturated carbocycles. The number of sulfone groups is 1. The molecule has 0 bridgehead atoms. The molecule has 0 amide bonds. The molecule has 6 heteroatoms. The van der Waals surface area contributed by atoms with Crippen molar-refractivity contribution in [2.75, 3.05) is 5.75 Å². The van der Waals surface area contributed by atoms with Gasteiger partial charge in [0.1, 0.15) is 0 Å². The number of fused-ring (bicyclic) bond motifs is 1. The zero-order chi connectivity index (χ0) is 13.5. The van der Waals surface area contributed by atoms with Gasteiger partial charge in [0.05, 0.1) is 16.7 Å². The maximum atomic E-state index is 12.0. The van der Waals surface area contributed by atoms with Crippen LogP contribution in [0.25, 0.3) is 5.65 Å². The average Bonchev–Trinajstić information content (AvgIpc) is 2.76. The summed E-state index contributed by atoms with van der Waals surface area (Å²) in [4.78, 5) is 4.32. The van der Waals surface area contributed by atoms with Crippen LogP contribution in [0.5, 0.6) is 5.75 Å². The zero-order valence-corrected chi connectivity index (χ0v) is 11.3. The van der Waals surface area contributed by atoms with Crippen molar-refractivity contribution < 1.29 is 13.5 Å². The second-order valence-electron chi connectivity index (χ2n) is 5.05. The molecule has 3 heterocycles. The first-order valence-electron chi connectivity index (χ1n) is 6.43. The predicted octanol–water partition coefficient (Wildman–Crippen LogP) is 1.55. The molecule has 2 aromatic heterocycles. The molecule has 1 unspecified atom stereocenters. The van der Waals surface area contributed by atoms with Gasteiger partial charge in [-0.25, -0.2) is 13.4 Å². The Morgan fingerprint density at radius 3 is 3.00 bits per heavy atom. The number of aromatic hydroxyl groups is 1. The van der Waals surface area contributed by atoms with E-state index in [9.17, 15) is 13.5 Å². The van der Waals surface area contributed by atoms with Crippen LogP contribution in [0.4, 0.5) is 0 Å². The molecule has 1 aliphatic rings. The lowest BCUT2D eigenvalue weighted by atomic mass is 10.1. The van der Waals surface area contributed by atoms with Gasteiger partial charge in [-0.15, -0.1) is 0 Å². The molecule has 0 aromatic carbocycles. The smallest absolute Gasteiger partial charge is 0.179 e. The average molecular weight is 280 g/mol. The van der Waals surface area contributed by atoms with Crippen LogP contribution >= 0.6 is 0 Å². The minimum atomic E-state index is -2.98. The fourth-order valence-corrected chi connectivity index (χ4v) is 4.52. The minimum Gasteiger partial charge on any atom is -0.504 e. The molecule has 5 nitrogen and oxygen atoms in total. The molecular formula is C13H16N2O3S. The van der Waals surface area contributed by atoms with E-state index in [-0.39, 0.29) is 16.8 Å². The van der Waals surface area contributed by atoms with E-state index >= 15 is 0 Å². The van der Waals surface area contributed by atoms with E-state index in [0.29, 0.717) is 18.5 Å². The highest BCUT2D eigenvalue weighted by molar-refractivity contribution is 7.92. The topological polar surface area (TPSA) is 71.7 Å². The summed E-state index contributed by atoms with van der Waals surface area (Å²) in [6.45, 7) is 0. The number of pyridine rings is 1. The number of imidazole rings is 1. The summed E-state index contributed by atoms with van der Waals surface area (Å²) >= 11 is 0. The molecule has 2 aromatic rings. The first kappa shape index (κ1) is 12.5. The Hall–Kier alpha value is -1.56. The predicted molar refractivity (Wildman–Crippen MR) is 72.0 cm³/mol. The van der Waals surface area contributed by atoms with Gasteiger partial charge in [0, 0.05) is 18.8 Å². The molecule has 1 saturated heterocycles. The molecule has 1 atom stereocenters. The van der Waals surface area contributed by atoms with Crippen molar-refractivity contribution in [2.45, 2.75) is 30.9 Å². The van der Waals surface area contributed by atoms with Crippen LogP contribution in [-0.2, 0) is 16.3 Å². The van der Waals surface area contributed by atoms with Crippen LogP contribution in [-0.4, -0.2) is 33.9 Å². The zero-order valence-electron chi connectivity index (χ0n) is 10.5. The van der Waals surface area contributed by atoms with E-state index in [4.69, 9.17) is 0 Å². The van der Waals surface area contributed by atoms with E-state index in [2.05, 4.69) is 4.98 Å². The number of hydrogen-bond donors (Lipinski definition) is 1. The van der Waals surface area contributed by atoms with Crippen LogP contribution in [0.3, 0.4) is 0 Å². The van der Waals surface area contributed by atoms with Gasteiger partial charge >= 0.3 is 0 Å². The molecule has 1 aliphatic heterocycles. The second kappa shape index (κ2) is 4.52. The van der Waals surface area contributed by atoms with Gasteiger partial charge in [0.2, 0.25) is 0 Å². The van der Waals surface area contributed by atoms with Gasteiger partial charge in [0.15, 0.2) is 21.2 Å². The number of aromatic nitrogens is 2. The minimum absolute atomic E-state index is 0.111. The van der Waals surface area contributed by atoms with Gasteiger partial charge in [-0.05, 0) is 25.0 Å². The van der Waals surface area contributed by atoms with Crippen LogP contribution in [0.15, 0.2) is 24.5 Å². The fraction of sp³-hybridized carbons (Fsp3) is 0.462. The third-order valence-corrected chi connectivity index (χ3v) is 5.94. The summed E-state index contributed by atoms with van der Waals surface area (Å²) in [5.41, 5.74) is 1.20.